The lowest BCUT2D eigenvalue weighted by Crippen LogP contribution is -2.40. The van der Waals surface area contributed by atoms with Crippen LogP contribution in [0.4, 0.5) is 5.69 Å². The van der Waals surface area contributed by atoms with Gasteiger partial charge in [-0.05, 0) is 30.8 Å². The van der Waals surface area contributed by atoms with Gasteiger partial charge in [0.05, 0.1) is 28.3 Å². The molecule has 170 valence electrons. The van der Waals surface area contributed by atoms with Crippen molar-refractivity contribution in [2.24, 2.45) is 5.10 Å². The summed E-state index contributed by atoms with van der Waals surface area (Å²) in [6, 6.07) is 15.4. The van der Waals surface area contributed by atoms with Crippen LogP contribution in [0.5, 0.6) is 0 Å². The number of para-hydroxylation sites is 1. The van der Waals surface area contributed by atoms with Crippen LogP contribution in [0.2, 0.25) is 0 Å². The van der Waals surface area contributed by atoms with E-state index >= 15 is 0 Å². The fourth-order valence-corrected chi connectivity index (χ4v) is 5.37. The molecule has 2 N–H and O–H groups in total. The first-order chi connectivity index (χ1) is 15.8. The van der Waals surface area contributed by atoms with Crippen LogP contribution in [-0.4, -0.2) is 52.0 Å². The first-order valence-corrected chi connectivity index (χ1v) is 12.2. The minimum atomic E-state index is -3.02. The monoisotopic (exact) mass is 484 g/mol. The molecule has 0 radical (unpaired) electrons. The topological polar surface area (TPSA) is 132 Å². The highest BCUT2D eigenvalue weighted by atomic mass is 32.2. The van der Waals surface area contributed by atoms with E-state index in [0.717, 1.165) is 5.69 Å². The highest BCUT2D eigenvalue weighted by Gasteiger charge is 2.28. The molecule has 0 spiro atoms. The third kappa shape index (κ3) is 5.59. The van der Waals surface area contributed by atoms with Crippen LogP contribution in [0.1, 0.15) is 12.0 Å². The van der Waals surface area contributed by atoms with Gasteiger partial charge >= 0.3 is 0 Å². The molecule has 12 heteroatoms. The third-order valence-electron chi connectivity index (χ3n) is 5.03. The number of benzene rings is 2. The van der Waals surface area contributed by atoms with Gasteiger partial charge in [0.1, 0.15) is 5.69 Å². The van der Waals surface area contributed by atoms with E-state index in [1.165, 1.54) is 18.3 Å². The summed E-state index contributed by atoms with van der Waals surface area (Å²) in [5.41, 5.74) is 5.15. The van der Waals surface area contributed by atoms with Crippen molar-refractivity contribution in [2.75, 3.05) is 11.5 Å². The molecule has 1 aromatic heterocycles. The Bertz CT molecular complexity index is 1320. The number of aromatic nitrogens is 2. The molecule has 0 amide bonds. The van der Waals surface area contributed by atoms with Gasteiger partial charge in [0.25, 0.3) is 5.69 Å². The normalized spacial score (nSPS) is 17.2. The van der Waals surface area contributed by atoms with Gasteiger partial charge in [0.15, 0.2) is 14.9 Å². The molecular formula is C21H20N6O4S2. The van der Waals surface area contributed by atoms with Gasteiger partial charge in [-0.25, -0.2) is 13.1 Å². The summed E-state index contributed by atoms with van der Waals surface area (Å²) >= 11 is 5.21. The van der Waals surface area contributed by atoms with E-state index in [-0.39, 0.29) is 28.3 Å². The molecule has 1 aliphatic heterocycles. The Balaban J connectivity index is 1.57. The average Bonchev–Trinajstić information content (AvgIpc) is 3.37. The van der Waals surface area contributed by atoms with Crippen molar-refractivity contribution in [1.29, 1.82) is 0 Å². The van der Waals surface area contributed by atoms with Gasteiger partial charge in [0, 0.05) is 35.5 Å². The first-order valence-electron chi connectivity index (χ1n) is 10.0. The van der Waals surface area contributed by atoms with E-state index in [9.17, 15) is 18.5 Å². The molecule has 3 aromatic rings. The molecule has 1 aliphatic rings. The summed E-state index contributed by atoms with van der Waals surface area (Å²) < 4.78 is 24.9. The van der Waals surface area contributed by atoms with Crippen molar-refractivity contribution >= 4 is 39.1 Å². The van der Waals surface area contributed by atoms with Gasteiger partial charge in [-0.3, -0.25) is 15.5 Å². The van der Waals surface area contributed by atoms with Crippen LogP contribution in [0.3, 0.4) is 0 Å². The lowest BCUT2D eigenvalue weighted by atomic mass is 10.1. The molecule has 2 heterocycles. The van der Waals surface area contributed by atoms with Gasteiger partial charge in [-0.15, -0.1) is 0 Å². The lowest BCUT2D eigenvalue weighted by Gasteiger charge is -2.11. The Morgan fingerprint density at radius 2 is 2.03 bits per heavy atom. The number of non-ortho nitro benzene ring substituents is 1. The maximum absolute atomic E-state index is 11.6. The van der Waals surface area contributed by atoms with Crippen molar-refractivity contribution in [2.45, 2.75) is 12.5 Å². The molecular weight excluding hydrogens is 464 g/mol. The minimum Gasteiger partial charge on any atom is -0.358 e. The number of hydrogen-bond donors (Lipinski definition) is 2. The van der Waals surface area contributed by atoms with Crippen LogP contribution >= 0.6 is 12.2 Å². The molecule has 1 fully saturated rings. The summed E-state index contributed by atoms with van der Waals surface area (Å²) in [5, 5.41) is 23.1. The Morgan fingerprint density at radius 1 is 1.24 bits per heavy atom. The number of hydrogen-bond acceptors (Lipinski definition) is 7. The first kappa shape index (κ1) is 22.6. The number of nitrogens with one attached hydrogen (secondary N) is 2. The van der Waals surface area contributed by atoms with Crippen molar-refractivity contribution in [3.63, 3.8) is 0 Å². The van der Waals surface area contributed by atoms with Gasteiger partial charge in [-0.2, -0.15) is 10.2 Å². The molecule has 1 saturated heterocycles. The second kappa shape index (κ2) is 9.46. The van der Waals surface area contributed by atoms with E-state index < -0.39 is 14.8 Å². The number of nitro groups is 1. The van der Waals surface area contributed by atoms with Crippen LogP contribution < -0.4 is 10.7 Å². The zero-order valence-corrected chi connectivity index (χ0v) is 18.9. The summed E-state index contributed by atoms with van der Waals surface area (Å²) in [5.74, 6) is 0.182. The predicted octanol–water partition coefficient (Wildman–Crippen LogP) is 2.43. The molecule has 10 nitrogen and oxygen atoms in total. The van der Waals surface area contributed by atoms with E-state index in [1.807, 2.05) is 30.3 Å². The Hall–Kier alpha value is -3.64. The fourth-order valence-electron chi connectivity index (χ4n) is 3.47. The highest BCUT2D eigenvalue weighted by Crippen LogP contribution is 2.26. The smallest absolute Gasteiger partial charge is 0.270 e. The number of thiocarbonyl (C=S) groups is 1. The summed E-state index contributed by atoms with van der Waals surface area (Å²) in [6.07, 6.45) is 3.77. The second-order valence-electron chi connectivity index (χ2n) is 7.46. The molecule has 33 heavy (non-hydrogen) atoms. The number of hydrazone groups is 1. The van der Waals surface area contributed by atoms with E-state index in [2.05, 4.69) is 20.9 Å². The van der Waals surface area contributed by atoms with E-state index in [1.54, 1.807) is 23.0 Å². The predicted molar refractivity (Wildman–Crippen MR) is 129 cm³/mol. The quantitative estimate of drug-likeness (QED) is 0.236. The SMILES string of the molecule is O=[N+]([O-])c1cccc(-c2nn(-c3ccccc3)cc2/C=N\NC(=S)N[C@H]2CCS(=O)(=O)C2)c1. The molecule has 0 aliphatic carbocycles. The zero-order valence-electron chi connectivity index (χ0n) is 17.3. The second-order valence-corrected chi connectivity index (χ2v) is 10.1. The Labute approximate surface area is 195 Å². The van der Waals surface area contributed by atoms with Crippen LogP contribution in [-0.2, 0) is 9.84 Å². The van der Waals surface area contributed by atoms with E-state index in [4.69, 9.17) is 12.2 Å². The summed E-state index contributed by atoms with van der Waals surface area (Å²) in [4.78, 5) is 10.8. The maximum Gasteiger partial charge on any atom is 0.270 e. The number of nitro benzene ring substituents is 1. The summed E-state index contributed by atoms with van der Waals surface area (Å²) in [7, 11) is -3.02. The van der Waals surface area contributed by atoms with Crippen molar-refractivity contribution in [3.8, 4) is 16.9 Å². The maximum atomic E-state index is 11.6. The standard InChI is InChI=1S/C21H20N6O4S2/c28-27(29)19-8-4-5-15(11-19)20-16(13-26(25-20)18-6-2-1-3-7-18)12-22-24-21(32)23-17-9-10-33(30,31)14-17/h1-8,11-13,17H,9-10,14H2,(H2,23,24,32)/b22-12-/t17-/m0/s1. The molecule has 4 rings (SSSR count). The molecule has 0 bridgehead atoms. The number of nitrogens with zero attached hydrogens (tertiary/aromatic N) is 4. The lowest BCUT2D eigenvalue weighted by molar-refractivity contribution is -0.384. The molecule has 0 saturated carbocycles. The third-order valence-corrected chi connectivity index (χ3v) is 7.01. The molecule has 2 aromatic carbocycles. The molecule has 1 atom stereocenters. The Kier molecular flexibility index (Phi) is 6.47. The van der Waals surface area contributed by atoms with Crippen molar-refractivity contribution in [1.82, 2.24) is 20.5 Å². The van der Waals surface area contributed by atoms with Gasteiger partial charge in [-0.1, -0.05) is 30.3 Å². The van der Waals surface area contributed by atoms with Crippen molar-refractivity contribution < 1.29 is 13.3 Å². The Morgan fingerprint density at radius 3 is 2.73 bits per heavy atom. The minimum absolute atomic E-state index is 0.0410. The van der Waals surface area contributed by atoms with Crippen LogP contribution in [0.15, 0.2) is 65.9 Å². The molecule has 0 unspecified atom stereocenters. The fraction of sp³-hybridized carbons (Fsp3) is 0.190. The van der Waals surface area contributed by atoms with Gasteiger partial charge < -0.3 is 5.32 Å². The zero-order chi connectivity index (χ0) is 23.4. The van der Waals surface area contributed by atoms with Crippen molar-refractivity contribution in [3.05, 3.63) is 76.5 Å². The largest absolute Gasteiger partial charge is 0.358 e. The van der Waals surface area contributed by atoms with Gasteiger partial charge in [0.2, 0.25) is 0 Å². The summed E-state index contributed by atoms with van der Waals surface area (Å²) in [6.45, 7) is 0. The number of sulfone groups is 1. The number of rotatable bonds is 6. The van der Waals surface area contributed by atoms with E-state index in [0.29, 0.717) is 23.2 Å². The van der Waals surface area contributed by atoms with Crippen LogP contribution in [0, 0.1) is 10.1 Å². The van der Waals surface area contributed by atoms with Crippen LogP contribution in [0.25, 0.3) is 16.9 Å². The average molecular weight is 485 g/mol. The highest BCUT2D eigenvalue weighted by molar-refractivity contribution is 7.91.